The first-order valence-corrected chi connectivity index (χ1v) is 11.0. The van der Waals surface area contributed by atoms with Crippen LogP contribution in [0.4, 0.5) is 5.82 Å². The van der Waals surface area contributed by atoms with Gasteiger partial charge in [0, 0.05) is 43.0 Å². The minimum Gasteiger partial charge on any atom is -0.352 e. The summed E-state index contributed by atoms with van der Waals surface area (Å²) in [6, 6.07) is 12.7. The smallest absolute Gasteiger partial charge is 0.184 e. The largest absolute Gasteiger partial charge is 0.352 e. The molecular weight excluding hydrogens is 372 g/mol. The van der Waals surface area contributed by atoms with Gasteiger partial charge in [-0.05, 0) is 45.4 Å². The van der Waals surface area contributed by atoms with Crippen LogP contribution in [0.1, 0.15) is 36.7 Å². The Bertz CT molecular complexity index is 986. The number of anilines is 1. The van der Waals surface area contributed by atoms with Gasteiger partial charge in [-0.3, -0.25) is 0 Å². The Kier molecular flexibility index (Phi) is 6.13. The number of piperazine rings is 1. The summed E-state index contributed by atoms with van der Waals surface area (Å²) in [7, 11) is 2.18. The summed E-state index contributed by atoms with van der Waals surface area (Å²) in [6.07, 6.45) is 3.26. The van der Waals surface area contributed by atoms with E-state index in [2.05, 4.69) is 67.1 Å². The highest BCUT2D eigenvalue weighted by Crippen LogP contribution is 2.35. The Morgan fingerprint density at radius 1 is 0.933 bits per heavy atom. The molecule has 1 fully saturated rings. The molecule has 0 unspecified atom stereocenters. The third-order valence-corrected chi connectivity index (χ3v) is 5.89. The third-order valence-electron chi connectivity index (χ3n) is 5.89. The molecule has 0 aliphatic carbocycles. The van der Waals surface area contributed by atoms with Crippen molar-refractivity contribution in [2.24, 2.45) is 0 Å². The van der Waals surface area contributed by atoms with Crippen LogP contribution in [0.15, 0.2) is 36.4 Å². The predicted octanol–water partition coefficient (Wildman–Crippen LogP) is 4.04. The van der Waals surface area contributed by atoms with Crippen LogP contribution in [0, 0.1) is 13.8 Å². The average molecular weight is 405 g/mol. The molecule has 0 atom stereocenters. The van der Waals surface area contributed by atoms with Crippen LogP contribution in [0.3, 0.4) is 0 Å². The van der Waals surface area contributed by atoms with Crippen molar-refractivity contribution in [1.82, 2.24) is 24.9 Å². The molecule has 158 valence electrons. The lowest BCUT2D eigenvalue weighted by atomic mass is 9.96. The monoisotopic (exact) mass is 404 g/mol. The van der Waals surface area contributed by atoms with Crippen molar-refractivity contribution in [3.05, 3.63) is 53.3 Å². The molecule has 30 heavy (non-hydrogen) atoms. The second-order valence-electron chi connectivity index (χ2n) is 8.30. The molecule has 0 spiro atoms. The lowest BCUT2D eigenvalue weighted by Gasteiger charge is -2.34. The number of hydrogen-bond acceptors (Lipinski definition) is 5. The zero-order valence-electron chi connectivity index (χ0n) is 18.6. The molecule has 3 aromatic rings. The summed E-state index contributed by atoms with van der Waals surface area (Å²) in [6.45, 7) is 10.4. The summed E-state index contributed by atoms with van der Waals surface area (Å²) >= 11 is 0. The quantitative estimate of drug-likeness (QED) is 0.621. The number of nitrogens with zero attached hydrogens (tertiary/aromatic N) is 6. The first-order chi connectivity index (χ1) is 14.6. The highest BCUT2D eigenvalue weighted by molar-refractivity contribution is 5.78. The Morgan fingerprint density at radius 3 is 2.27 bits per heavy atom. The number of rotatable bonds is 6. The van der Waals surface area contributed by atoms with Gasteiger partial charge in [-0.25, -0.2) is 4.68 Å². The molecule has 0 bridgehead atoms. The van der Waals surface area contributed by atoms with Gasteiger partial charge in [0.2, 0.25) is 0 Å². The van der Waals surface area contributed by atoms with Crippen LogP contribution in [0.25, 0.3) is 16.9 Å². The van der Waals surface area contributed by atoms with E-state index < -0.39 is 0 Å². The van der Waals surface area contributed by atoms with Crippen molar-refractivity contribution in [2.45, 2.75) is 40.0 Å². The van der Waals surface area contributed by atoms with Crippen molar-refractivity contribution in [1.29, 1.82) is 0 Å². The fourth-order valence-corrected chi connectivity index (χ4v) is 4.21. The second kappa shape index (κ2) is 8.96. The molecule has 0 amide bonds. The van der Waals surface area contributed by atoms with Gasteiger partial charge in [-0.1, -0.05) is 43.7 Å². The molecule has 1 aliphatic rings. The average Bonchev–Trinajstić information content (AvgIpc) is 3.10. The SMILES string of the molecule is CCCCc1c(N2CCN(C)CC2)nnc(-n2nc(C)cc2C)c1-c1ccccc1. The van der Waals surface area contributed by atoms with Gasteiger partial charge in [0.1, 0.15) is 0 Å². The summed E-state index contributed by atoms with van der Waals surface area (Å²) in [4.78, 5) is 4.79. The number of hydrogen-bond donors (Lipinski definition) is 0. The first-order valence-electron chi connectivity index (χ1n) is 11.0. The maximum atomic E-state index is 4.79. The number of aryl methyl sites for hydroxylation is 2. The van der Waals surface area contributed by atoms with Crippen LogP contribution in [-0.4, -0.2) is 58.1 Å². The Morgan fingerprint density at radius 2 is 1.63 bits per heavy atom. The first kappa shape index (κ1) is 20.5. The molecule has 1 aliphatic heterocycles. The van der Waals surface area contributed by atoms with Crippen LogP contribution in [0.2, 0.25) is 0 Å². The van der Waals surface area contributed by atoms with Crippen molar-refractivity contribution < 1.29 is 0 Å². The zero-order chi connectivity index (χ0) is 21.1. The normalized spacial score (nSPS) is 15.0. The molecule has 3 heterocycles. The fourth-order valence-electron chi connectivity index (χ4n) is 4.21. The van der Waals surface area contributed by atoms with E-state index in [9.17, 15) is 0 Å². The number of likely N-dealkylation sites (N-methyl/N-ethyl adjacent to an activating group) is 1. The summed E-state index contributed by atoms with van der Waals surface area (Å²) in [5.41, 5.74) is 5.71. The van der Waals surface area contributed by atoms with Crippen molar-refractivity contribution in [2.75, 3.05) is 38.1 Å². The third kappa shape index (κ3) is 4.10. The van der Waals surface area contributed by atoms with E-state index in [1.54, 1.807) is 0 Å². The zero-order valence-corrected chi connectivity index (χ0v) is 18.6. The van der Waals surface area contributed by atoms with Gasteiger partial charge in [-0.15, -0.1) is 10.2 Å². The highest BCUT2D eigenvalue weighted by atomic mass is 15.4. The molecule has 0 N–H and O–H groups in total. The minimum absolute atomic E-state index is 0.829. The molecule has 2 aromatic heterocycles. The van der Waals surface area contributed by atoms with E-state index in [-0.39, 0.29) is 0 Å². The lowest BCUT2D eigenvalue weighted by Crippen LogP contribution is -2.45. The molecule has 1 saturated heterocycles. The van der Waals surface area contributed by atoms with Crippen LogP contribution >= 0.6 is 0 Å². The predicted molar refractivity (Wildman–Crippen MR) is 122 cm³/mol. The van der Waals surface area contributed by atoms with Gasteiger partial charge in [0.05, 0.1) is 5.69 Å². The molecule has 0 saturated carbocycles. The Balaban J connectivity index is 1.92. The van der Waals surface area contributed by atoms with E-state index in [1.165, 1.54) is 16.7 Å². The molecular formula is C24H32N6. The van der Waals surface area contributed by atoms with Crippen LogP contribution in [0.5, 0.6) is 0 Å². The van der Waals surface area contributed by atoms with E-state index >= 15 is 0 Å². The second-order valence-corrected chi connectivity index (χ2v) is 8.30. The van der Waals surface area contributed by atoms with E-state index in [4.69, 9.17) is 15.3 Å². The Hall–Kier alpha value is -2.73. The summed E-state index contributed by atoms with van der Waals surface area (Å²) in [5, 5.41) is 14.3. The van der Waals surface area contributed by atoms with Crippen molar-refractivity contribution in [3.8, 4) is 16.9 Å². The van der Waals surface area contributed by atoms with E-state index in [0.717, 1.165) is 68.5 Å². The number of aromatic nitrogens is 4. The van der Waals surface area contributed by atoms with Gasteiger partial charge in [0.15, 0.2) is 11.6 Å². The highest BCUT2D eigenvalue weighted by Gasteiger charge is 2.25. The maximum Gasteiger partial charge on any atom is 0.184 e. The molecule has 6 heteroatoms. The molecule has 4 rings (SSSR count). The summed E-state index contributed by atoms with van der Waals surface area (Å²) < 4.78 is 1.95. The number of benzene rings is 1. The van der Waals surface area contributed by atoms with Gasteiger partial charge < -0.3 is 9.80 Å². The molecule has 0 radical (unpaired) electrons. The van der Waals surface area contributed by atoms with Gasteiger partial charge >= 0.3 is 0 Å². The van der Waals surface area contributed by atoms with Crippen LogP contribution < -0.4 is 4.90 Å². The van der Waals surface area contributed by atoms with Crippen molar-refractivity contribution >= 4 is 5.82 Å². The van der Waals surface area contributed by atoms with Gasteiger partial charge in [0.25, 0.3) is 0 Å². The lowest BCUT2D eigenvalue weighted by molar-refractivity contribution is 0.311. The number of unbranched alkanes of at least 4 members (excludes halogenated alkanes) is 1. The summed E-state index contributed by atoms with van der Waals surface area (Å²) in [5.74, 6) is 1.87. The van der Waals surface area contributed by atoms with E-state index in [0.29, 0.717) is 0 Å². The Labute approximate surface area is 179 Å². The molecule has 6 nitrogen and oxygen atoms in total. The van der Waals surface area contributed by atoms with Gasteiger partial charge in [-0.2, -0.15) is 5.10 Å². The van der Waals surface area contributed by atoms with Crippen molar-refractivity contribution in [3.63, 3.8) is 0 Å². The topological polar surface area (TPSA) is 50.1 Å². The van der Waals surface area contributed by atoms with Crippen LogP contribution in [-0.2, 0) is 6.42 Å². The standard InChI is InChI=1S/C24H32N6/c1-5-6-12-21-22(20-10-8-7-9-11-20)24(30-19(3)17-18(2)27-30)26-25-23(21)29-15-13-28(4)14-16-29/h7-11,17H,5-6,12-16H2,1-4H3. The van der Waals surface area contributed by atoms with E-state index in [1.807, 2.05) is 11.6 Å². The molecule has 1 aromatic carbocycles. The minimum atomic E-state index is 0.829. The maximum absolute atomic E-state index is 4.79. The fraction of sp³-hybridized carbons (Fsp3) is 0.458.